The van der Waals surface area contributed by atoms with Crippen molar-refractivity contribution in [3.63, 3.8) is 0 Å². The van der Waals surface area contributed by atoms with Crippen LogP contribution in [-0.2, 0) is 19.1 Å². The monoisotopic (exact) mass is 497 g/mol. The van der Waals surface area contributed by atoms with Gasteiger partial charge in [0, 0.05) is 44.7 Å². The van der Waals surface area contributed by atoms with E-state index in [-0.39, 0.29) is 12.1 Å². The molecule has 3 aromatic rings. The lowest BCUT2D eigenvalue weighted by Crippen LogP contribution is -2.45. The molecule has 0 unspecified atom stereocenters. The molecule has 188 valence electrons. The van der Waals surface area contributed by atoms with Gasteiger partial charge in [-0.1, -0.05) is 24.3 Å². The lowest BCUT2D eigenvalue weighted by Gasteiger charge is -2.34. The molecule has 2 aliphatic rings. The number of rotatable bonds is 4. The highest BCUT2D eigenvalue weighted by Gasteiger charge is 2.33. The van der Waals surface area contributed by atoms with E-state index in [0.29, 0.717) is 36.1 Å². The second-order valence-corrected chi connectivity index (χ2v) is 9.01. The summed E-state index contributed by atoms with van der Waals surface area (Å²) in [5.41, 5.74) is 0.606. The highest BCUT2D eigenvalue weighted by Crippen LogP contribution is 2.33. The Labute approximate surface area is 207 Å². The third-order valence-electron chi connectivity index (χ3n) is 6.48. The van der Waals surface area contributed by atoms with E-state index in [4.69, 9.17) is 14.7 Å². The Bertz CT molecular complexity index is 1240. The van der Waals surface area contributed by atoms with Crippen LogP contribution in [0.25, 0.3) is 0 Å². The molecule has 3 heterocycles. The first-order valence-corrected chi connectivity index (χ1v) is 11.8. The molecule has 1 aromatic heterocycles. The number of para-hydroxylation sites is 1. The Balaban J connectivity index is 1.45. The summed E-state index contributed by atoms with van der Waals surface area (Å²) in [6, 6.07) is 13.7. The Hall–Kier alpha value is -3.66. The molecule has 0 saturated carbocycles. The number of benzene rings is 2. The maximum absolute atomic E-state index is 13.2. The maximum atomic E-state index is 13.2. The minimum atomic E-state index is -4.52. The van der Waals surface area contributed by atoms with Crippen molar-refractivity contribution in [1.82, 2.24) is 19.8 Å². The first-order valence-electron chi connectivity index (χ1n) is 11.8. The Morgan fingerprint density at radius 2 is 1.69 bits per heavy atom. The van der Waals surface area contributed by atoms with E-state index in [1.807, 2.05) is 30.3 Å². The van der Waals surface area contributed by atoms with Gasteiger partial charge in [0.15, 0.2) is 0 Å². The lowest BCUT2D eigenvalue weighted by molar-refractivity contribution is -0.137. The number of piperazine rings is 1. The highest BCUT2D eigenvalue weighted by molar-refractivity contribution is 5.94. The molecule has 0 aliphatic carbocycles. The zero-order valence-electron chi connectivity index (χ0n) is 19.8. The van der Waals surface area contributed by atoms with Gasteiger partial charge in [-0.05, 0) is 37.4 Å². The van der Waals surface area contributed by atoms with E-state index in [0.717, 1.165) is 44.0 Å². The quantitative estimate of drug-likeness (QED) is 0.538. The zero-order valence-corrected chi connectivity index (χ0v) is 19.8. The van der Waals surface area contributed by atoms with Gasteiger partial charge in [-0.2, -0.15) is 18.2 Å². The number of hydrogen-bond acceptors (Lipinski definition) is 6. The molecule has 2 aromatic carbocycles. The van der Waals surface area contributed by atoms with E-state index in [2.05, 4.69) is 16.8 Å². The number of halogens is 3. The summed E-state index contributed by atoms with van der Waals surface area (Å²) in [4.78, 5) is 28.6. The highest BCUT2D eigenvalue weighted by atomic mass is 19.4. The van der Waals surface area contributed by atoms with E-state index in [1.54, 1.807) is 0 Å². The third-order valence-corrected chi connectivity index (χ3v) is 6.48. The van der Waals surface area contributed by atoms with Gasteiger partial charge in [0.25, 0.3) is 5.91 Å². The van der Waals surface area contributed by atoms with Gasteiger partial charge in [0.1, 0.15) is 5.75 Å². The van der Waals surface area contributed by atoms with E-state index in [1.165, 1.54) is 17.0 Å². The molecule has 1 saturated heterocycles. The van der Waals surface area contributed by atoms with Crippen molar-refractivity contribution in [2.75, 3.05) is 44.7 Å². The number of amides is 1. The number of anilines is 1. The van der Waals surface area contributed by atoms with Crippen molar-refractivity contribution in [3.8, 4) is 11.6 Å². The summed E-state index contributed by atoms with van der Waals surface area (Å²) in [5, 5.41) is 0. The SMILES string of the molecule is CN1CCN(c2nc3c(c(Oc4ccccc4)n2)CN(C(=O)c2cccc(C(F)(F)F)c2)CC3)CC1. The summed E-state index contributed by atoms with van der Waals surface area (Å²) in [5.74, 6) is 1.08. The molecule has 2 aliphatic heterocycles. The molecular weight excluding hydrogens is 471 g/mol. The number of ether oxygens (including phenoxy) is 1. The molecule has 0 spiro atoms. The van der Waals surface area contributed by atoms with Gasteiger partial charge in [-0.3, -0.25) is 4.79 Å². The summed E-state index contributed by atoms with van der Waals surface area (Å²) in [6.07, 6.45) is -4.07. The van der Waals surface area contributed by atoms with Crippen LogP contribution in [0.2, 0.25) is 0 Å². The van der Waals surface area contributed by atoms with Crippen LogP contribution in [0.15, 0.2) is 54.6 Å². The number of carbonyl (C=O) groups excluding carboxylic acids is 1. The molecule has 1 fully saturated rings. The number of hydrogen-bond donors (Lipinski definition) is 0. The number of nitrogens with zero attached hydrogens (tertiary/aromatic N) is 5. The van der Waals surface area contributed by atoms with Crippen LogP contribution in [-0.4, -0.2) is 65.4 Å². The van der Waals surface area contributed by atoms with Crippen LogP contribution < -0.4 is 9.64 Å². The molecular formula is C26H26F3N5O2. The Morgan fingerprint density at radius 1 is 0.944 bits per heavy atom. The number of alkyl halides is 3. The smallest absolute Gasteiger partial charge is 0.416 e. The number of aromatic nitrogens is 2. The maximum Gasteiger partial charge on any atom is 0.416 e. The molecule has 0 radical (unpaired) electrons. The molecule has 1 amide bonds. The molecule has 36 heavy (non-hydrogen) atoms. The fraction of sp³-hybridized carbons (Fsp3) is 0.346. The van der Waals surface area contributed by atoms with Crippen LogP contribution in [0.4, 0.5) is 19.1 Å². The van der Waals surface area contributed by atoms with Crippen molar-refractivity contribution >= 4 is 11.9 Å². The first-order chi connectivity index (χ1) is 17.3. The predicted octanol–water partition coefficient (Wildman–Crippen LogP) is 4.24. The van der Waals surface area contributed by atoms with Crippen molar-refractivity contribution in [2.45, 2.75) is 19.1 Å². The van der Waals surface area contributed by atoms with E-state index < -0.39 is 17.6 Å². The van der Waals surface area contributed by atoms with Gasteiger partial charge in [0.05, 0.1) is 23.4 Å². The van der Waals surface area contributed by atoms with Crippen LogP contribution in [0.1, 0.15) is 27.2 Å². The van der Waals surface area contributed by atoms with Crippen molar-refractivity contribution in [3.05, 3.63) is 77.0 Å². The van der Waals surface area contributed by atoms with Crippen LogP contribution in [0.5, 0.6) is 11.6 Å². The summed E-state index contributed by atoms with van der Waals surface area (Å²) in [6.45, 7) is 3.87. The standard InChI is InChI=1S/C26H26F3N5O2/c1-32-12-14-33(15-13-32)25-30-22-10-11-34(24(35)18-6-5-7-19(16-18)26(27,28)29)17-21(22)23(31-25)36-20-8-3-2-4-9-20/h2-9,16H,10-15,17H2,1H3. The largest absolute Gasteiger partial charge is 0.438 e. The molecule has 10 heteroatoms. The molecule has 7 nitrogen and oxygen atoms in total. The van der Waals surface area contributed by atoms with Crippen LogP contribution >= 0.6 is 0 Å². The number of carbonyl (C=O) groups is 1. The van der Waals surface area contributed by atoms with E-state index in [9.17, 15) is 18.0 Å². The average molecular weight is 498 g/mol. The van der Waals surface area contributed by atoms with Crippen molar-refractivity contribution in [2.24, 2.45) is 0 Å². The number of likely N-dealkylation sites (N-methyl/N-ethyl adjacent to an activating group) is 1. The topological polar surface area (TPSA) is 61.8 Å². The molecule has 5 rings (SSSR count). The second-order valence-electron chi connectivity index (χ2n) is 9.01. The minimum Gasteiger partial charge on any atom is -0.438 e. The molecule has 0 atom stereocenters. The fourth-order valence-corrected chi connectivity index (χ4v) is 4.39. The zero-order chi connectivity index (χ0) is 25.3. The first kappa shape index (κ1) is 24.1. The van der Waals surface area contributed by atoms with Crippen LogP contribution in [0, 0.1) is 0 Å². The minimum absolute atomic E-state index is 0.00576. The molecule has 0 N–H and O–H groups in total. The van der Waals surface area contributed by atoms with Gasteiger partial charge < -0.3 is 19.4 Å². The fourth-order valence-electron chi connectivity index (χ4n) is 4.39. The summed E-state index contributed by atoms with van der Waals surface area (Å²) >= 11 is 0. The van der Waals surface area contributed by atoms with E-state index >= 15 is 0 Å². The number of fused-ring (bicyclic) bond motifs is 1. The van der Waals surface area contributed by atoms with Gasteiger partial charge in [-0.25, -0.2) is 4.98 Å². The average Bonchev–Trinajstić information content (AvgIpc) is 2.88. The Kier molecular flexibility index (Phi) is 6.53. The van der Waals surface area contributed by atoms with Crippen molar-refractivity contribution in [1.29, 1.82) is 0 Å². The predicted molar refractivity (Wildman–Crippen MR) is 128 cm³/mol. The molecule has 0 bridgehead atoms. The second kappa shape index (κ2) is 9.77. The van der Waals surface area contributed by atoms with Gasteiger partial charge in [-0.15, -0.1) is 0 Å². The normalized spacial score (nSPS) is 16.6. The van der Waals surface area contributed by atoms with Gasteiger partial charge in [0.2, 0.25) is 11.8 Å². The van der Waals surface area contributed by atoms with Crippen LogP contribution in [0.3, 0.4) is 0 Å². The van der Waals surface area contributed by atoms with Gasteiger partial charge >= 0.3 is 6.18 Å². The lowest BCUT2D eigenvalue weighted by atomic mass is 10.0. The Morgan fingerprint density at radius 3 is 2.42 bits per heavy atom. The summed E-state index contributed by atoms with van der Waals surface area (Å²) in [7, 11) is 2.07. The summed E-state index contributed by atoms with van der Waals surface area (Å²) < 4.78 is 45.7. The third kappa shape index (κ3) is 5.13. The van der Waals surface area contributed by atoms with Crippen molar-refractivity contribution < 1.29 is 22.7 Å².